The van der Waals surface area contributed by atoms with E-state index in [4.69, 9.17) is 0 Å². The van der Waals surface area contributed by atoms with Crippen molar-refractivity contribution in [3.05, 3.63) is 0 Å². The van der Waals surface area contributed by atoms with Crippen LogP contribution in [0.1, 0.15) is 54.9 Å². The Bertz CT molecular complexity index is 418. The van der Waals surface area contributed by atoms with Gasteiger partial charge in [0.2, 0.25) is 0 Å². The van der Waals surface area contributed by atoms with Gasteiger partial charge in [-0.15, -0.1) is 0 Å². The lowest BCUT2D eigenvalue weighted by Crippen LogP contribution is -2.81. The van der Waals surface area contributed by atoms with Crippen molar-refractivity contribution in [1.29, 1.82) is 0 Å². The summed E-state index contributed by atoms with van der Waals surface area (Å²) in [4.78, 5) is 0. The van der Waals surface area contributed by atoms with E-state index < -0.39 is 0 Å². The summed E-state index contributed by atoms with van der Waals surface area (Å²) in [5.74, 6) is 6.87. The van der Waals surface area contributed by atoms with E-state index in [9.17, 15) is 0 Å². The zero-order valence-corrected chi connectivity index (χ0v) is 13.2. The Morgan fingerprint density at radius 1 is 0.778 bits per heavy atom. The Morgan fingerprint density at radius 2 is 1.39 bits per heavy atom. The molecule has 0 saturated heterocycles. The number of hydrogen-bond donors (Lipinski definition) is 0. The van der Waals surface area contributed by atoms with Crippen LogP contribution in [0.15, 0.2) is 0 Å². The SMILES string of the molecule is CC1C2CC3C4C(C)C(C)(C1C)C4(C)C3(C)C2C. The van der Waals surface area contributed by atoms with Crippen LogP contribution in [-0.4, -0.2) is 0 Å². The molecule has 4 saturated carbocycles. The van der Waals surface area contributed by atoms with Crippen LogP contribution in [0.4, 0.5) is 0 Å². The zero-order chi connectivity index (χ0) is 13.2. The van der Waals surface area contributed by atoms with Gasteiger partial charge in [-0.1, -0.05) is 48.5 Å². The highest BCUT2D eigenvalue weighted by Crippen LogP contribution is 2.92. The summed E-state index contributed by atoms with van der Waals surface area (Å²) in [6, 6.07) is 0. The van der Waals surface area contributed by atoms with Crippen LogP contribution in [0.2, 0.25) is 0 Å². The smallest absolute Gasteiger partial charge is 0.0174 e. The van der Waals surface area contributed by atoms with Crippen LogP contribution < -0.4 is 0 Å². The Labute approximate surface area is 113 Å². The van der Waals surface area contributed by atoms with Crippen molar-refractivity contribution < 1.29 is 0 Å². The molecule has 0 nitrogen and oxygen atoms in total. The molecule has 0 aromatic heterocycles. The van der Waals surface area contributed by atoms with E-state index in [1.807, 2.05) is 0 Å². The molecular weight excluding hydrogens is 216 g/mol. The number of fused-ring (bicyclic) bond motifs is 2. The molecule has 0 aromatic carbocycles. The summed E-state index contributed by atoms with van der Waals surface area (Å²) in [5.41, 5.74) is 1.90. The molecule has 0 aliphatic heterocycles. The minimum absolute atomic E-state index is 0.603. The molecule has 102 valence electrons. The lowest BCUT2D eigenvalue weighted by molar-refractivity contribution is -0.385. The molecular formula is C18H30. The second-order valence-electron chi connectivity index (χ2n) is 9.02. The Balaban J connectivity index is 1.96. The first kappa shape index (κ1) is 11.8. The molecule has 0 N–H and O–H groups in total. The summed E-state index contributed by atoms with van der Waals surface area (Å²) in [6.45, 7) is 18.3. The summed E-state index contributed by atoms with van der Waals surface area (Å²) >= 11 is 0. The first-order valence-corrected chi connectivity index (χ1v) is 8.24. The Hall–Kier alpha value is 0. The van der Waals surface area contributed by atoms with Gasteiger partial charge in [0, 0.05) is 0 Å². The highest BCUT2D eigenvalue weighted by Gasteiger charge is 2.87. The average molecular weight is 246 g/mol. The van der Waals surface area contributed by atoms with Crippen molar-refractivity contribution in [3.63, 3.8) is 0 Å². The van der Waals surface area contributed by atoms with E-state index in [0.29, 0.717) is 16.2 Å². The fraction of sp³-hybridized carbons (Fsp3) is 1.00. The highest BCUT2D eigenvalue weighted by atomic mass is 14.9. The molecule has 0 spiro atoms. The molecule has 0 heteroatoms. The van der Waals surface area contributed by atoms with Crippen molar-refractivity contribution >= 4 is 0 Å². The molecule has 10 unspecified atom stereocenters. The average Bonchev–Trinajstić information content (AvgIpc) is 2.57. The van der Waals surface area contributed by atoms with E-state index in [0.717, 1.165) is 41.4 Å². The quantitative estimate of drug-likeness (QED) is 0.573. The topological polar surface area (TPSA) is 0 Å². The predicted molar refractivity (Wildman–Crippen MR) is 76.1 cm³/mol. The third-order valence-corrected chi connectivity index (χ3v) is 10.1. The van der Waals surface area contributed by atoms with Crippen molar-refractivity contribution in [2.45, 2.75) is 54.9 Å². The molecule has 4 fully saturated rings. The lowest BCUT2D eigenvalue weighted by Gasteiger charge is -2.85. The van der Waals surface area contributed by atoms with E-state index in [1.165, 1.54) is 0 Å². The van der Waals surface area contributed by atoms with Crippen LogP contribution in [0.5, 0.6) is 0 Å². The van der Waals surface area contributed by atoms with Crippen molar-refractivity contribution in [2.75, 3.05) is 0 Å². The van der Waals surface area contributed by atoms with E-state index in [2.05, 4.69) is 48.5 Å². The van der Waals surface area contributed by atoms with Crippen LogP contribution in [-0.2, 0) is 0 Å². The van der Waals surface area contributed by atoms with Crippen LogP contribution in [0.3, 0.4) is 0 Å². The maximum Gasteiger partial charge on any atom is -0.0174 e. The lowest BCUT2D eigenvalue weighted by atomic mass is 9.19. The monoisotopic (exact) mass is 246 g/mol. The fourth-order valence-corrected chi connectivity index (χ4v) is 8.58. The first-order valence-electron chi connectivity index (χ1n) is 8.24. The summed E-state index contributed by atoms with van der Waals surface area (Å²) in [7, 11) is 0. The van der Waals surface area contributed by atoms with Crippen LogP contribution in [0, 0.1) is 57.7 Å². The molecule has 0 aromatic rings. The van der Waals surface area contributed by atoms with Crippen molar-refractivity contribution in [3.8, 4) is 0 Å². The second kappa shape index (κ2) is 2.72. The minimum atomic E-state index is 0.603. The largest absolute Gasteiger partial charge is 0.0620 e. The molecule has 2 bridgehead atoms. The van der Waals surface area contributed by atoms with Crippen LogP contribution in [0.25, 0.3) is 0 Å². The summed E-state index contributed by atoms with van der Waals surface area (Å²) in [5, 5.41) is 0. The fourth-order valence-electron chi connectivity index (χ4n) is 8.58. The highest BCUT2D eigenvalue weighted by molar-refractivity contribution is 5.34. The van der Waals surface area contributed by atoms with E-state index in [1.54, 1.807) is 6.42 Å². The molecule has 10 atom stereocenters. The van der Waals surface area contributed by atoms with Gasteiger partial charge in [0.1, 0.15) is 0 Å². The maximum atomic E-state index is 2.67. The number of hydrogen-bond acceptors (Lipinski definition) is 0. The summed E-state index contributed by atoms with van der Waals surface area (Å²) < 4.78 is 0. The van der Waals surface area contributed by atoms with E-state index >= 15 is 0 Å². The molecule has 4 aliphatic rings. The van der Waals surface area contributed by atoms with Gasteiger partial charge in [-0.3, -0.25) is 0 Å². The second-order valence-corrected chi connectivity index (χ2v) is 9.02. The van der Waals surface area contributed by atoms with Gasteiger partial charge in [0.15, 0.2) is 0 Å². The van der Waals surface area contributed by atoms with Gasteiger partial charge in [0.25, 0.3) is 0 Å². The predicted octanol–water partition coefficient (Wildman–Crippen LogP) is 4.84. The molecule has 18 heavy (non-hydrogen) atoms. The van der Waals surface area contributed by atoms with Gasteiger partial charge in [-0.2, -0.15) is 0 Å². The molecule has 0 heterocycles. The van der Waals surface area contributed by atoms with Crippen molar-refractivity contribution in [1.82, 2.24) is 0 Å². The normalized spacial score (nSPS) is 76.5. The van der Waals surface area contributed by atoms with Gasteiger partial charge >= 0.3 is 0 Å². The van der Waals surface area contributed by atoms with Gasteiger partial charge in [-0.05, 0) is 64.1 Å². The first-order chi connectivity index (χ1) is 8.24. The number of rotatable bonds is 0. The summed E-state index contributed by atoms with van der Waals surface area (Å²) in [6.07, 6.45) is 1.55. The van der Waals surface area contributed by atoms with Crippen molar-refractivity contribution in [2.24, 2.45) is 57.7 Å². The molecule has 4 aliphatic carbocycles. The van der Waals surface area contributed by atoms with Gasteiger partial charge < -0.3 is 0 Å². The molecule has 0 amide bonds. The van der Waals surface area contributed by atoms with Gasteiger partial charge in [-0.25, -0.2) is 0 Å². The molecule has 4 rings (SSSR count). The standard InChI is InChI=1S/C18H30/c1-9-10(2)16(5)12(4)15-14-8-13(9)11(3)17(14,6)18(15,16)7/h9-15H,8H2,1-7H3. The van der Waals surface area contributed by atoms with E-state index in [-0.39, 0.29) is 0 Å². The Kier molecular flexibility index (Phi) is 1.78. The molecule has 0 radical (unpaired) electrons. The third kappa shape index (κ3) is 0.694. The maximum absolute atomic E-state index is 2.67. The third-order valence-electron chi connectivity index (χ3n) is 10.1. The Morgan fingerprint density at radius 3 is 2.00 bits per heavy atom. The minimum Gasteiger partial charge on any atom is -0.0620 e. The van der Waals surface area contributed by atoms with Gasteiger partial charge in [0.05, 0.1) is 0 Å². The van der Waals surface area contributed by atoms with Crippen LogP contribution >= 0.6 is 0 Å². The zero-order valence-electron chi connectivity index (χ0n) is 13.2.